The van der Waals surface area contributed by atoms with Gasteiger partial charge in [-0.15, -0.1) is 11.8 Å². The summed E-state index contributed by atoms with van der Waals surface area (Å²) in [5.41, 5.74) is 1.24. The third-order valence-electron chi connectivity index (χ3n) is 4.81. The maximum Gasteiger partial charge on any atom is 0.416 e. The molecular weight excluding hydrogens is 393 g/mol. The standard InChI is InChI=1S/C23H19F3N2S/c24-23(25,26)19-8-3-5-17(13-19)15-29-22(14-28-12-11-27-16-28)21-10-4-7-18-6-1-2-9-20(18)21/h1-13,16,22H,14-15H2. The van der Waals surface area contributed by atoms with Crippen molar-refractivity contribution in [3.8, 4) is 0 Å². The van der Waals surface area contributed by atoms with Gasteiger partial charge in [-0.25, -0.2) is 4.98 Å². The molecule has 1 aromatic heterocycles. The zero-order chi connectivity index (χ0) is 20.3. The minimum Gasteiger partial charge on any atom is -0.336 e. The van der Waals surface area contributed by atoms with Gasteiger partial charge in [0.05, 0.1) is 11.9 Å². The van der Waals surface area contributed by atoms with Crippen LogP contribution in [0.1, 0.15) is 21.9 Å². The van der Waals surface area contributed by atoms with Crippen molar-refractivity contribution in [2.75, 3.05) is 0 Å². The van der Waals surface area contributed by atoms with Gasteiger partial charge in [0, 0.05) is 29.9 Å². The van der Waals surface area contributed by atoms with E-state index in [0.717, 1.165) is 16.8 Å². The lowest BCUT2D eigenvalue weighted by atomic mass is 10.0. The van der Waals surface area contributed by atoms with Crippen LogP contribution in [-0.2, 0) is 18.5 Å². The monoisotopic (exact) mass is 412 g/mol. The number of thioether (sulfide) groups is 1. The van der Waals surface area contributed by atoms with Crippen LogP contribution in [0.5, 0.6) is 0 Å². The van der Waals surface area contributed by atoms with E-state index >= 15 is 0 Å². The predicted octanol–water partition coefficient (Wildman–Crippen LogP) is 6.73. The highest BCUT2D eigenvalue weighted by Crippen LogP contribution is 2.38. The molecule has 2 nitrogen and oxygen atoms in total. The largest absolute Gasteiger partial charge is 0.416 e. The number of nitrogens with zero attached hydrogens (tertiary/aromatic N) is 2. The smallest absolute Gasteiger partial charge is 0.336 e. The van der Waals surface area contributed by atoms with Gasteiger partial charge >= 0.3 is 6.18 Å². The fourth-order valence-electron chi connectivity index (χ4n) is 3.39. The van der Waals surface area contributed by atoms with Crippen LogP contribution in [0, 0.1) is 0 Å². The Morgan fingerprint density at radius 1 is 0.966 bits per heavy atom. The molecule has 0 fully saturated rings. The van der Waals surface area contributed by atoms with Gasteiger partial charge in [0.1, 0.15) is 0 Å². The Morgan fingerprint density at radius 2 is 1.76 bits per heavy atom. The zero-order valence-corrected chi connectivity index (χ0v) is 16.3. The molecule has 4 aromatic rings. The van der Waals surface area contributed by atoms with Crippen molar-refractivity contribution in [3.05, 3.63) is 102 Å². The second-order valence-electron chi connectivity index (χ2n) is 6.83. The molecule has 148 valence electrons. The molecule has 1 heterocycles. The van der Waals surface area contributed by atoms with Crippen LogP contribution < -0.4 is 0 Å². The first-order valence-corrected chi connectivity index (χ1v) is 10.3. The average molecular weight is 412 g/mol. The van der Waals surface area contributed by atoms with Gasteiger partial charge in [0.2, 0.25) is 0 Å². The van der Waals surface area contributed by atoms with E-state index in [9.17, 15) is 13.2 Å². The molecule has 0 spiro atoms. The Balaban J connectivity index is 1.63. The van der Waals surface area contributed by atoms with E-state index in [0.29, 0.717) is 17.9 Å². The molecule has 0 aliphatic rings. The number of rotatable bonds is 6. The summed E-state index contributed by atoms with van der Waals surface area (Å²) in [6, 6.07) is 20.0. The lowest BCUT2D eigenvalue weighted by Crippen LogP contribution is -2.07. The van der Waals surface area contributed by atoms with E-state index in [2.05, 4.69) is 29.2 Å². The molecule has 0 amide bonds. The molecule has 0 bridgehead atoms. The summed E-state index contributed by atoms with van der Waals surface area (Å²) in [7, 11) is 0. The van der Waals surface area contributed by atoms with E-state index < -0.39 is 11.7 Å². The van der Waals surface area contributed by atoms with Crippen molar-refractivity contribution in [2.45, 2.75) is 23.7 Å². The molecule has 0 aliphatic carbocycles. The number of imidazole rings is 1. The molecule has 0 saturated carbocycles. The molecule has 1 unspecified atom stereocenters. The zero-order valence-electron chi connectivity index (χ0n) is 15.5. The molecule has 0 radical (unpaired) electrons. The lowest BCUT2D eigenvalue weighted by Gasteiger charge is -2.20. The van der Waals surface area contributed by atoms with Gasteiger partial charge < -0.3 is 4.57 Å². The van der Waals surface area contributed by atoms with Crippen molar-refractivity contribution >= 4 is 22.5 Å². The van der Waals surface area contributed by atoms with E-state index in [4.69, 9.17) is 0 Å². The molecular formula is C23H19F3N2S. The Hall–Kier alpha value is -2.73. The van der Waals surface area contributed by atoms with Crippen LogP contribution in [-0.4, -0.2) is 9.55 Å². The molecule has 0 N–H and O–H groups in total. The second-order valence-corrected chi connectivity index (χ2v) is 8.02. The highest BCUT2D eigenvalue weighted by Gasteiger charge is 2.30. The summed E-state index contributed by atoms with van der Waals surface area (Å²) in [6.07, 6.45) is 1.08. The average Bonchev–Trinajstić information content (AvgIpc) is 3.23. The van der Waals surface area contributed by atoms with E-state index in [1.165, 1.54) is 17.7 Å². The van der Waals surface area contributed by atoms with Crippen molar-refractivity contribution < 1.29 is 13.2 Å². The van der Waals surface area contributed by atoms with E-state index in [1.54, 1.807) is 30.4 Å². The number of hydrogen-bond donors (Lipinski definition) is 0. The fourth-order valence-corrected chi connectivity index (χ4v) is 4.63. The van der Waals surface area contributed by atoms with Gasteiger partial charge in [-0.2, -0.15) is 13.2 Å². The van der Waals surface area contributed by atoms with Crippen LogP contribution in [0.4, 0.5) is 13.2 Å². The molecule has 6 heteroatoms. The van der Waals surface area contributed by atoms with Gasteiger partial charge in [-0.3, -0.25) is 0 Å². The maximum atomic E-state index is 13.0. The summed E-state index contributed by atoms with van der Waals surface area (Å²) in [5, 5.41) is 2.39. The third-order valence-corrected chi connectivity index (χ3v) is 6.12. The number of aromatic nitrogens is 2. The molecule has 3 aromatic carbocycles. The van der Waals surface area contributed by atoms with Crippen molar-refractivity contribution in [3.63, 3.8) is 0 Å². The molecule has 0 aliphatic heterocycles. The first kappa shape index (κ1) is 19.6. The van der Waals surface area contributed by atoms with Crippen LogP contribution >= 0.6 is 11.8 Å². The molecule has 4 rings (SSSR count). The van der Waals surface area contributed by atoms with Crippen molar-refractivity contribution in [1.29, 1.82) is 0 Å². The van der Waals surface area contributed by atoms with Gasteiger partial charge in [0.25, 0.3) is 0 Å². The second kappa shape index (κ2) is 8.33. The van der Waals surface area contributed by atoms with Gasteiger partial charge in [-0.1, -0.05) is 60.7 Å². The van der Waals surface area contributed by atoms with Gasteiger partial charge in [-0.05, 0) is 28.0 Å². The summed E-state index contributed by atoms with van der Waals surface area (Å²) in [6.45, 7) is 0.692. The minimum absolute atomic E-state index is 0.0739. The molecule has 0 saturated heterocycles. The SMILES string of the molecule is FC(F)(F)c1cccc(CSC(Cn2ccnc2)c2cccc3ccccc23)c1. The lowest BCUT2D eigenvalue weighted by molar-refractivity contribution is -0.137. The van der Waals surface area contributed by atoms with Crippen LogP contribution in [0.3, 0.4) is 0 Å². The summed E-state index contributed by atoms with van der Waals surface area (Å²) in [5.74, 6) is 0.493. The highest BCUT2D eigenvalue weighted by atomic mass is 32.2. The Kier molecular flexibility index (Phi) is 5.62. The van der Waals surface area contributed by atoms with Crippen molar-refractivity contribution in [1.82, 2.24) is 9.55 Å². The van der Waals surface area contributed by atoms with Crippen LogP contribution in [0.2, 0.25) is 0 Å². The fraction of sp³-hybridized carbons (Fsp3) is 0.174. The quantitative estimate of drug-likeness (QED) is 0.349. The Labute approximate surface area is 171 Å². The number of halogens is 3. The highest BCUT2D eigenvalue weighted by molar-refractivity contribution is 7.98. The first-order chi connectivity index (χ1) is 14.0. The predicted molar refractivity (Wildman–Crippen MR) is 112 cm³/mol. The Morgan fingerprint density at radius 3 is 2.55 bits per heavy atom. The number of hydrogen-bond acceptors (Lipinski definition) is 2. The normalized spacial score (nSPS) is 12.9. The van der Waals surface area contributed by atoms with Crippen LogP contribution in [0.15, 0.2) is 85.5 Å². The maximum absolute atomic E-state index is 13.0. The van der Waals surface area contributed by atoms with E-state index in [1.807, 2.05) is 29.0 Å². The summed E-state index contributed by atoms with van der Waals surface area (Å²) in [4.78, 5) is 4.12. The van der Waals surface area contributed by atoms with Crippen LogP contribution in [0.25, 0.3) is 10.8 Å². The number of alkyl halides is 3. The van der Waals surface area contributed by atoms with E-state index in [-0.39, 0.29) is 5.25 Å². The molecule has 1 atom stereocenters. The molecule has 29 heavy (non-hydrogen) atoms. The minimum atomic E-state index is -4.33. The topological polar surface area (TPSA) is 17.8 Å². The summed E-state index contributed by atoms with van der Waals surface area (Å²) >= 11 is 1.64. The van der Waals surface area contributed by atoms with Gasteiger partial charge in [0.15, 0.2) is 0 Å². The van der Waals surface area contributed by atoms with Crippen molar-refractivity contribution in [2.24, 2.45) is 0 Å². The number of fused-ring (bicyclic) bond motifs is 1. The summed E-state index contributed by atoms with van der Waals surface area (Å²) < 4.78 is 41.1. The third kappa shape index (κ3) is 4.65. The Bertz CT molecular complexity index is 1090. The number of benzene rings is 3. The first-order valence-electron chi connectivity index (χ1n) is 9.22.